The first-order valence-electron chi connectivity index (χ1n) is 6.40. The third kappa shape index (κ3) is 2.25. The van der Waals surface area contributed by atoms with Crippen molar-refractivity contribution in [2.45, 2.75) is 19.7 Å². The molecule has 0 aliphatic heterocycles. The maximum Gasteiger partial charge on any atom is 0.129 e. The van der Waals surface area contributed by atoms with E-state index in [2.05, 4.69) is 69.7 Å². The van der Waals surface area contributed by atoms with E-state index in [4.69, 9.17) is 11.6 Å². The van der Waals surface area contributed by atoms with Gasteiger partial charge in [-0.3, -0.25) is 4.57 Å². The summed E-state index contributed by atoms with van der Waals surface area (Å²) in [5.74, 6) is 1.24. The van der Waals surface area contributed by atoms with Crippen LogP contribution in [-0.4, -0.2) is 9.55 Å². The Kier molecular flexibility index (Phi) is 3.57. The minimum atomic E-state index is 0.383. The van der Waals surface area contributed by atoms with Crippen LogP contribution in [0.4, 0.5) is 0 Å². The Morgan fingerprint density at radius 1 is 1.10 bits per heavy atom. The number of imidazole rings is 1. The lowest BCUT2D eigenvalue weighted by Crippen LogP contribution is -2.01. The predicted molar refractivity (Wildman–Crippen MR) is 87.8 cm³/mol. The van der Waals surface area contributed by atoms with Crippen molar-refractivity contribution >= 4 is 38.6 Å². The van der Waals surface area contributed by atoms with Gasteiger partial charge in [-0.15, -0.1) is 11.6 Å². The van der Waals surface area contributed by atoms with Crippen LogP contribution < -0.4 is 0 Å². The van der Waals surface area contributed by atoms with Gasteiger partial charge in [-0.25, -0.2) is 4.98 Å². The predicted octanol–water partition coefficient (Wildman–Crippen LogP) is 5.14. The summed E-state index contributed by atoms with van der Waals surface area (Å²) in [4.78, 5) is 4.63. The number of benzene rings is 2. The van der Waals surface area contributed by atoms with Crippen LogP contribution in [0.1, 0.15) is 17.0 Å². The summed E-state index contributed by atoms with van der Waals surface area (Å²) in [6.07, 6.45) is 0. The minimum absolute atomic E-state index is 0.383. The van der Waals surface area contributed by atoms with Crippen LogP contribution >= 0.6 is 27.5 Å². The molecular formula is C16H14BrClN2. The van der Waals surface area contributed by atoms with E-state index >= 15 is 0 Å². The van der Waals surface area contributed by atoms with E-state index in [9.17, 15) is 0 Å². The monoisotopic (exact) mass is 348 g/mol. The molecule has 3 aromatic rings. The Morgan fingerprint density at radius 2 is 1.80 bits per heavy atom. The van der Waals surface area contributed by atoms with E-state index in [0.29, 0.717) is 5.88 Å². The van der Waals surface area contributed by atoms with E-state index in [0.717, 1.165) is 27.0 Å². The molecule has 0 bridgehead atoms. The quantitative estimate of drug-likeness (QED) is 0.585. The summed E-state index contributed by atoms with van der Waals surface area (Å²) in [7, 11) is 0. The van der Waals surface area contributed by atoms with E-state index in [1.54, 1.807) is 0 Å². The Hall–Kier alpha value is -1.32. The number of rotatable bonds is 2. The Morgan fingerprint density at radius 3 is 2.55 bits per heavy atom. The number of hydrogen-bond acceptors (Lipinski definition) is 1. The molecule has 102 valence electrons. The van der Waals surface area contributed by atoms with Crippen molar-refractivity contribution in [2.24, 2.45) is 0 Å². The van der Waals surface area contributed by atoms with Crippen LogP contribution in [0.5, 0.6) is 0 Å². The summed E-state index contributed by atoms with van der Waals surface area (Å²) < 4.78 is 3.17. The lowest BCUT2D eigenvalue weighted by Gasteiger charge is -2.11. The molecule has 0 fully saturated rings. The number of fused-ring (bicyclic) bond motifs is 1. The molecule has 0 saturated heterocycles. The van der Waals surface area contributed by atoms with Crippen LogP contribution in [0, 0.1) is 13.8 Å². The number of nitrogens with zero attached hydrogens (tertiary/aromatic N) is 2. The van der Waals surface area contributed by atoms with E-state index < -0.39 is 0 Å². The number of aryl methyl sites for hydroxylation is 2. The van der Waals surface area contributed by atoms with E-state index in [1.807, 2.05) is 6.07 Å². The van der Waals surface area contributed by atoms with Gasteiger partial charge in [0.1, 0.15) is 5.82 Å². The molecule has 0 unspecified atom stereocenters. The zero-order chi connectivity index (χ0) is 14.3. The van der Waals surface area contributed by atoms with Gasteiger partial charge >= 0.3 is 0 Å². The molecule has 0 saturated carbocycles. The lowest BCUT2D eigenvalue weighted by atomic mass is 10.2. The van der Waals surface area contributed by atoms with E-state index in [1.165, 1.54) is 11.1 Å². The molecule has 0 amide bonds. The van der Waals surface area contributed by atoms with Gasteiger partial charge in [0, 0.05) is 4.47 Å². The maximum absolute atomic E-state index is 6.09. The zero-order valence-corrected chi connectivity index (χ0v) is 13.7. The van der Waals surface area contributed by atoms with Crippen molar-refractivity contribution in [2.75, 3.05) is 0 Å². The smallest absolute Gasteiger partial charge is 0.129 e. The highest BCUT2D eigenvalue weighted by Gasteiger charge is 2.14. The summed E-state index contributed by atoms with van der Waals surface area (Å²) in [5, 5.41) is 0. The van der Waals surface area contributed by atoms with Crippen molar-refractivity contribution in [1.82, 2.24) is 9.55 Å². The number of halogens is 2. The minimum Gasteiger partial charge on any atom is -0.294 e. The molecule has 20 heavy (non-hydrogen) atoms. The van der Waals surface area contributed by atoms with Gasteiger partial charge in [-0.2, -0.15) is 0 Å². The van der Waals surface area contributed by atoms with Crippen LogP contribution in [0.3, 0.4) is 0 Å². The molecule has 1 aromatic heterocycles. The van der Waals surface area contributed by atoms with Gasteiger partial charge in [0.2, 0.25) is 0 Å². The van der Waals surface area contributed by atoms with Gasteiger partial charge in [-0.1, -0.05) is 12.1 Å². The average Bonchev–Trinajstić information content (AvgIpc) is 2.79. The highest BCUT2D eigenvalue weighted by Crippen LogP contribution is 2.29. The van der Waals surface area contributed by atoms with Gasteiger partial charge < -0.3 is 0 Å². The number of alkyl halides is 1. The summed E-state index contributed by atoms with van der Waals surface area (Å²) in [5.41, 5.74) is 5.56. The molecule has 3 rings (SSSR count). The Balaban J connectivity index is 2.39. The second-order valence-corrected chi connectivity index (χ2v) is 6.07. The van der Waals surface area contributed by atoms with E-state index in [-0.39, 0.29) is 0 Å². The first-order chi connectivity index (χ1) is 9.60. The van der Waals surface area contributed by atoms with Crippen LogP contribution in [-0.2, 0) is 5.88 Å². The third-order valence-electron chi connectivity index (χ3n) is 3.34. The highest BCUT2D eigenvalue weighted by atomic mass is 79.9. The lowest BCUT2D eigenvalue weighted by molar-refractivity contribution is 0.975. The van der Waals surface area contributed by atoms with Crippen molar-refractivity contribution in [1.29, 1.82) is 0 Å². The Labute approximate surface area is 131 Å². The highest BCUT2D eigenvalue weighted by molar-refractivity contribution is 9.10. The second-order valence-electron chi connectivity index (χ2n) is 4.94. The summed E-state index contributed by atoms with van der Waals surface area (Å²) in [6.45, 7) is 4.17. The van der Waals surface area contributed by atoms with Crippen molar-refractivity contribution in [3.63, 3.8) is 0 Å². The zero-order valence-electron chi connectivity index (χ0n) is 11.3. The summed E-state index contributed by atoms with van der Waals surface area (Å²) >= 11 is 9.71. The number of aromatic nitrogens is 2. The van der Waals surface area contributed by atoms with Crippen LogP contribution in [0.2, 0.25) is 0 Å². The fraction of sp³-hybridized carbons (Fsp3) is 0.188. The molecule has 0 aliphatic rings. The second kappa shape index (κ2) is 5.23. The molecule has 0 spiro atoms. The van der Waals surface area contributed by atoms with Gasteiger partial charge in [0.25, 0.3) is 0 Å². The van der Waals surface area contributed by atoms with Crippen molar-refractivity contribution in [3.05, 3.63) is 57.8 Å². The molecular weight excluding hydrogens is 336 g/mol. The molecule has 2 nitrogen and oxygen atoms in total. The summed E-state index contributed by atoms with van der Waals surface area (Å²) in [6, 6.07) is 12.5. The van der Waals surface area contributed by atoms with Gasteiger partial charge in [-0.05, 0) is 65.2 Å². The third-order valence-corrected chi connectivity index (χ3v) is 4.25. The van der Waals surface area contributed by atoms with Crippen LogP contribution in [0.15, 0.2) is 40.9 Å². The topological polar surface area (TPSA) is 17.8 Å². The SMILES string of the molecule is Cc1ccc(Br)c(-n2c(CCl)nc3ccc(C)cc32)c1. The normalized spacial score (nSPS) is 11.2. The largest absolute Gasteiger partial charge is 0.294 e. The van der Waals surface area contributed by atoms with Crippen LogP contribution in [0.25, 0.3) is 16.7 Å². The first kappa shape index (κ1) is 13.7. The van der Waals surface area contributed by atoms with Gasteiger partial charge in [0.05, 0.1) is 22.6 Å². The molecule has 4 heteroatoms. The molecule has 0 N–H and O–H groups in total. The number of hydrogen-bond donors (Lipinski definition) is 0. The first-order valence-corrected chi connectivity index (χ1v) is 7.73. The molecule has 0 radical (unpaired) electrons. The molecule has 2 aromatic carbocycles. The molecule has 0 aliphatic carbocycles. The molecule has 1 heterocycles. The van der Waals surface area contributed by atoms with Gasteiger partial charge in [0.15, 0.2) is 0 Å². The standard InChI is InChI=1S/C16H14BrClN2/c1-10-3-5-12(17)14(7-10)20-15-8-11(2)4-6-13(15)19-16(20)9-18/h3-8H,9H2,1-2H3. The van der Waals surface area contributed by atoms with Crippen molar-refractivity contribution in [3.8, 4) is 5.69 Å². The fourth-order valence-electron chi connectivity index (χ4n) is 2.39. The Bertz CT molecular complexity index is 793. The van der Waals surface area contributed by atoms with Crippen molar-refractivity contribution < 1.29 is 0 Å². The maximum atomic E-state index is 6.09. The average molecular weight is 350 g/mol. The fourth-order valence-corrected chi connectivity index (χ4v) is 2.99. The molecule has 0 atom stereocenters.